The molecule has 1 aromatic carbocycles. The van der Waals surface area contributed by atoms with Gasteiger partial charge in [-0.3, -0.25) is 0 Å². The van der Waals surface area contributed by atoms with Crippen molar-refractivity contribution in [3.8, 4) is 6.07 Å². The van der Waals surface area contributed by atoms with E-state index in [0.717, 1.165) is 32.7 Å². The molecule has 1 heterocycles. The normalized spacial score (nSPS) is 17.6. The van der Waals surface area contributed by atoms with E-state index < -0.39 is 5.92 Å². The third-order valence-corrected chi connectivity index (χ3v) is 5.78. The summed E-state index contributed by atoms with van der Waals surface area (Å²) in [5.74, 6) is -0.861. The number of carbonyl (C=O) groups is 1. The number of benzene rings is 1. The summed E-state index contributed by atoms with van der Waals surface area (Å²) in [7, 11) is 0. The predicted molar refractivity (Wildman–Crippen MR) is 102 cm³/mol. The van der Waals surface area contributed by atoms with E-state index in [2.05, 4.69) is 12.1 Å². The van der Waals surface area contributed by atoms with Crippen LogP contribution in [0.2, 0.25) is 0 Å². The fourth-order valence-corrected chi connectivity index (χ4v) is 4.24. The summed E-state index contributed by atoms with van der Waals surface area (Å²) in [6.07, 6.45) is 0. The number of carbonyl (C=O) groups excluding carboxylic acids is 1. The summed E-state index contributed by atoms with van der Waals surface area (Å²) >= 11 is 1.27. The molecule has 1 aliphatic heterocycles. The maximum Gasteiger partial charge on any atom is 0.335 e. The second-order valence-corrected chi connectivity index (χ2v) is 7.55. The van der Waals surface area contributed by atoms with E-state index in [-0.39, 0.29) is 5.97 Å². The Balaban J connectivity index is 2.83. The van der Waals surface area contributed by atoms with Gasteiger partial charge >= 0.3 is 5.97 Å². The SMILES string of the molecule is CCOC(=O)C1=C(C)SC(N)=C(C#N)[C@H]1c1c(C)c(C)cc(C)c1C. The van der Waals surface area contributed by atoms with Crippen LogP contribution in [-0.2, 0) is 9.53 Å². The number of hydrogen-bond acceptors (Lipinski definition) is 5. The first-order valence-electron chi connectivity index (χ1n) is 8.27. The number of esters is 1. The fraction of sp³-hybridized carbons (Fsp3) is 0.400. The fourth-order valence-electron chi connectivity index (χ4n) is 3.32. The third-order valence-electron chi connectivity index (χ3n) is 4.81. The molecule has 0 saturated carbocycles. The monoisotopic (exact) mass is 356 g/mol. The van der Waals surface area contributed by atoms with Crippen molar-refractivity contribution in [1.82, 2.24) is 0 Å². The zero-order chi connectivity index (χ0) is 18.9. The van der Waals surface area contributed by atoms with Crippen LogP contribution in [0.4, 0.5) is 0 Å². The first kappa shape index (κ1) is 19.1. The molecule has 0 fully saturated rings. The van der Waals surface area contributed by atoms with Gasteiger partial charge in [-0.2, -0.15) is 5.26 Å². The predicted octanol–water partition coefficient (Wildman–Crippen LogP) is 4.28. The van der Waals surface area contributed by atoms with Crippen molar-refractivity contribution in [3.05, 3.63) is 55.0 Å². The van der Waals surface area contributed by atoms with E-state index in [1.165, 1.54) is 11.8 Å². The van der Waals surface area contributed by atoms with Gasteiger partial charge in [0.2, 0.25) is 0 Å². The minimum absolute atomic E-state index is 0.291. The van der Waals surface area contributed by atoms with Crippen molar-refractivity contribution in [2.24, 2.45) is 5.73 Å². The molecule has 132 valence electrons. The average molecular weight is 356 g/mol. The second-order valence-electron chi connectivity index (χ2n) is 6.29. The van der Waals surface area contributed by atoms with Gasteiger partial charge in [-0.1, -0.05) is 17.8 Å². The van der Waals surface area contributed by atoms with Crippen LogP contribution in [0.3, 0.4) is 0 Å². The van der Waals surface area contributed by atoms with E-state index in [9.17, 15) is 10.1 Å². The van der Waals surface area contributed by atoms with E-state index in [4.69, 9.17) is 10.5 Å². The number of thioether (sulfide) groups is 1. The van der Waals surface area contributed by atoms with Crippen molar-refractivity contribution >= 4 is 17.7 Å². The van der Waals surface area contributed by atoms with Crippen LogP contribution in [0.25, 0.3) is 0 Å². The molecule has 0 amide bonds. The number of allylic oxidation sites excluding steroid dienone is 2. The van der Waals surface area contributed by atoms with Gasteiger partial charge in [-0.25, -0.2) is 4.79 Å². The van der Waals surface area contributed by atoms with Crippen LogP contribution in [0.5, 0.6) is 0 Å². The Morgan fingerprint density at radius 2 is 1.80 bits per heavy atom. The van der Waals surface area contributed by atoms with Crippen molar-refractivity contribution in [2.45, 2.75) is 47.5 Å². The number of aryl methyl sites for hydroxylation is 2. The lowest BCUT2D eigenvalue weighted by atomic mass is 9.78. The van der Waals surface area contributed by atoms with Gasteiger partial charge in [0, 0.05) is 0 Å². The molecule has 0 spiro atoms. The van der Waals surface area contributed by atoms with E-state index in [0.29, 0.717) is 22.8 Å². The van der Waals surface area contributed by atoms with Crippen LogP contribution in [0, 0.1) is 39.0 Å². The zero-order valence-electron chi connectivity index (χ0n) is 15.6. The molecule has 0 saturated heterocycles. The molecular formula is C20H24N2O2S. The number of nitrogens with two attached hydrogens (primary N) is 1. The van der Waals surface area contributed by atoms with Gasteiger partial charge in [-0.15, -0.1) is 0 Å². The zero-order valence-corrected chi connectivity index (χ0v) is 16.4. The number of hydrogen-bond donors (Lipinski definition) is 1. The summed E-state index contributed by atoms with van der Waals surface area (Å²) in [5.41, 5.74) is 12.5. The van der Waals surface area contributed by atoms with Gasteiger partial charge in [0.1, 0.15) is 0 Å². The maximum atomic E-state index is 12.7. The highest BCUT2D eigenvalue weighted by molar-refractivity contribution is 8.06. The summed E-state index contributed by atoms with van der Waals surface area (Å²) in [4.78, 5) is 13.5. The standard InChI is InChI=1S/C20H24N2O2S/c1-7-24-20(23)17-14(6)25-19(22)15(9-21)18(17)16-12(4)10(2)8-11(3)13(16)5/h8,18H,7,22H2,1-6H3/t18-/m0/s1. The number of ether oxygens (including phenoxy) is 1. The molecule has 2 rings (SSSR count). The van der Waals surface area contributed by atoms with Crippen LogP contribution in [0.1, 0.15) is 47.6 Å². The Labute approximate surface area is 153 Å². The highest BCUT2D eigenvalue weighted by atomic mass is 32.2. The van der Waals surface area contributed by atoms with Crippen LogP contribution >= 0.6 is 11.8 Å². The molecule has 25 heavy (non-hydrogen) atoms. The molecule has 4 nitrogen and oxygen atoms in total. The Bertz CT molecular complexity index is 818. The first-order chi connectivity index (χ1) is 11.7. The molecule has 1 atom stereocenters. The highest BCUT2D eigenvalue weighted by Crippen LogP contribution is 2.47. The van der Waals surface area contributed by atoms with Crippen LogP contribution in [0.15, 0.2) is 27.1 Å². The molecule has 0 aliphatic carbocycles. The molecule has 0 radical (unpaired) electrons. The summed E-state index contributed by atoms with van der Waals surface area (Å²) in [6, 6.07) is 4.37. The molecule has 2 N–H and O–H groups in total. The molecule has 0 aromatic heterocycles. The highest BCUT2D eigenvalue weighted by Gasteiger charge is 2.37. The van der Waals surface area contributed by atoms with Crippen molar-refractivity contribution < 1.29 is 9.53 Å². The van der Waals surface area contributed by atoms with Crippen molar-refractivity contribution in [3.63, 3.8) is 0 Å². The molecule has 0 unspecified atom stereocenters. The van der Waals surface area contributed by atoms with Gasteiger partial charge in [0.05, 0.1) is 34.8 Å². The lowest BCUT2D eigenvalue weighted by Crippen LogP contribution is -2.24. The van der Waals surface area contributed by atoms with Crippen LogP contribution < -0.4 is 5.73 Å². The third kappa shape index (κ3) is 3.32. The summed E-state index contributed by atoms with van der Waals surface area (Å²) in [5, 5.41) is 10.2. The average Bonchev–Trinajstić information content (AvgIpc) is 2.53. The molecule has 1 aromatic rings. The van der Waals surface area contributed by atoms with Gasteiger partial charge < -0.3 is 10.5 Å². The second kappa shape index (κ2) is 7.37. The van der Waals surface area contributed by atoms with Crippen molar-refractivity contribution in [1.29, 1.82) is 5.26 Å². The van der Waals surface area contributed by atoms with Gasteiger partial charge in [-0.05, 0) is 74.3 Å². The molecular weight excluding hydrogens is 332 g/mol. The minimum atomic E-state index is -0.483. The number of rotatable bonds is 3. The Kier molecular flexibility index (Phi) is 5.64. The topological polar surface area (TPSA) is 76.1 Å². The van der Waals surface area contributed by atoms with E-state index in [1.807, 2.05) is 34.6 Å². The maximum absolute atomic E-state index is 12.7. The van der Waals surface area contributed by atoms with Crippen molar-refractivity contribution in [2.75, 3.05) is 6.61 Å². The van der Waals surface area contributed by atoms with Crippen LogP contribution in [-0.4, -0.2) is 12.6 Å². The Morgan fingerprint density at radius 3 is 2.28 bits per heavy atom. The minimum Gasteiger partial charge on any atom is -0.463 e. The Morgan fingerprint density at radius 1 is 1.24 bits per heavy atom. The lowest BCUT2D eigenvalue weighted by molar-refractivity contribution is -0.138. The summed E-state index contributed by atoms with van der Waals surface area (Å²) < 4.78 is 5.29. The number of nitrogens with zero attached hydrogens (tertiary/aromatic N) is 1. The smallest absolute Gasteiger partial charge is 0.335 e. The first-order valence-corrected chi connectivity index (χ1v) is 9.08. The van der Waals surface area contributed by atoms with Gasteiger partial charge in [0.15, 0.2) is 0 Å². The van der Waals surface area contributed by atoms with Gasteiger partial charge in [0.25, 0.3) is 0 Å². The van der Waals surface area contributed by atoms with E-state index >= 15 is 0 Å². The lowest BCUT2D eigenvalue weighted by Gasteiger charge is -2.30. The van der Waals surface area contributed by atoms with E-state index in [1.54, 1.807) is 6.92 Å². The number of nitriles is 1. The quantitative estimate of drug-likeness (QED) is 0.818. The Hall–Kier alpha value is -2.19. The largest absolute Gasteiger partial charge is 0.463 e. The molecule has 0 bridgehead atoms. The molecule has 5 heteroatoms. The molecule has 1 aliphatic rings. The summed E-state index contributed by atoms with van der Waals surface area (Å²) in [6.45, 7) is 12.1.